The summed E-state index contributed by atoms with van der Waals surface area (Å²) in [5.74, 6) is 1.13. The summed E-state index contributed by atoms with van der Waals surface area (Å²) in [7, 11) is 0. The average molecular weight is 316 g/mol. The van der Waals surface area contributed by atoms with E-state index < -0.39 is 0 Å². The Kier molecular flexibility index (Phi) is 4.85. The molecule has 1 saturated heterocycles. The Bertz CT molecular complexity index is 611. The van der Waals surface area contributed by atoms with Crippen molar-refractivity contribution in [3.8, 4) is 5.88 Å². The first-order chi connectivity index (χ1) is 10.8. The molecular formula is C15H16N4O2S. The Morgan fingerprint density at radius 3 is 2.86 bits per heavy atom. The molecule has 0 aliphatic carbocycles. The summed E-state index contributed by atoms with van der Waals surface area (Å²) in [4.78, 5) is 27.0. The second kappa shape index (κ2) is 7.22. The van der Waals surface area contributed by atoms with Crippen molar-refractivity contribution in [1.29, 1.82) is 0 Å². The van der Waals surface area contributed by atoms with Crippen molar-refractivity contribution in [3.63, 3.8) is 0 Å². The van der Waals surface area contributed by atoms with Crippen LogP contribution in [-0.2, 0) is 4.79 Å². The molecule has 0 radical (unpaired) electrons. The van der Waals surface area contributed by atoms with Crippen molar-refractivity contribution in [2.45, 2.75) is 17.4 Å². The van der Waals surface area contributed by atoms with Crippen molar-refractivity contribution >= 4 is 17.7 Å². The maximum atomic E-state index is 12.2. The van der Waals surface area contributed by atoms with Gasteiger partial charge in [-0.1, -0.05) is 0 Å². The number of ether oxygens (including phenoxy) is 1. The van der Waals surface area contributed by atoms with E-state index in [1.54, 1.807) is 24.7 Å². The predicted octanol–water partition coefficient (Wildman–Crippen LogP) is 1.64. The van der Waals surface area contributed by atoms with Crippen LogP contribution in [0.1, 0.15) is 6.42 Å². The van der Waals surface area contributed by atoms with Crippen molar-refractivity contribution in [2.75, 3.05) is 18.8 Å². The largest absolute Gasteiger partial charge is 0.472 e. The van der Waals surface area contributed by atoms with E-state index in [1.807, 2.05) is 17.0 Å². The van der Waals surface area contributed by atoms with Crippen LogP contribution in [0.25, 0.3) is 0 Å². The van der Waals surface area contributed by atoms with Gasteiger partial charge in [0.05, 0.1) is 12.3 Å². The lowest BCUT2D eigenvalue weighted by molar-refractivity contribution is -0.127. The number of hydrogen-bond acceptors (Lipinski definition) is 6. The quantitative estimate of drug-likeness (QED) is 0.781. The summed E-state index contributed by atoms with van der Waals surface area (Å²) >= 11 is 1.53. The fourth-order valence-corrected chi connectivity index (χ4v) is 3.03. The molecule has 1 atom stereocenters. The highest BCUT2D eigenvalue weighted by Crippen LogP contribution is 2.20. The van der Waals surface area contributed by atoms with Gasteiger partial charge in [-0.3, -0.25) is 9.78 Å². The third-order valence-corrected chi connectivity index (χ3v) is 4.35. The number of aromatic nitrogens is 3. The summed E-state index contributed by atoms with van der Waals surface area (Å²) in [5, 5.41) is 0. The van der Waals surface area contributed by atoms with Gasteiger partial charge in [-0.05, 0) is 12.1 Å². The molecule has 1 fully saturated rings. The maximum Gasteiger partial charge on any atom is 0.233 e. The van der Waals surface area contributed by atoms with Crippen molar-refractivity contribution in [3.05, 3.63) is 43.1 Å². The van der Waals surface area contributed by atoms with Crippen LogP contribution in [0.15, 0.2) is 48.0 Å². The van der Waals surface area contributed by atoms with E-state index >= 15 is 0 Å². The van der Waals surface area contributed by atoms with Gasteiger partial charge >= 0.3 is 0 Å². The Balaban J connectivity index is 1.46. The second-order valence-electron chi connectivity index (χ2n) is 4.89. The maximum absolute atomic E-state index is 12.2. The fraction of sp³-hybridized carbons (Fsp3) is 0.333. The highest BCUT2D eigenvalue weighted by Gasteiger charge is 2.27. The third kappa shape index (κ3) is 3.94. The average Bonchev–Trinajstić information content (AvgIpc) is 3.03. The van der Waals surface area contributed by atoms with Gasteiger partial charge in [0.2, 0.25) is 11.8 Å². The Morgan fingerprint density at radius 1 is 1.27 bits per heavy atom. The number of carbonyl (C=O) groups is 1. The van der Waals surface area contributed by atoms with Gasteiger partial charge in [0.15, 0.2) is 0 Å². The van der Waals surface area contributed by atoms with E-state index in [-0.39, 0.29) is 12.0 Å². The first-order valence-corrected chi connectivity index (χ1v) is 8.03. The molecule has 114 valence electrons. The van der Waals surface area contributed by atoms with E-state index in [9.17, 15) is 4.79 Å². The SMILES string of the molecule is O=C(CSc1ccncc1)N1CCC(Oc2ccncn2)C1. The van der Waals surface area contributed by atoms with Gasteiger partial charge in [-0.15, -0.1) is 11.8 Å². The molecule has 0 bridgehead atoms. The van der Waals surface area contributed by atoms with Gasteiger partial charge in [0.1, 0.15) is 12.4 Å². The number of amides is 1. The molecule has 1 aliphatic rings. The van der Waals surface area contributed by atoms with Crippen LogP contribution in [0, 0.1) is 0 Å². The number of nitrogens with zero attached hydrogens (tertiary/aromatic N) is 4. The lowest BCUT2D eigenvalue weighted by atomic mass is 10.3. The minimum absolute atomic E-state index is 0.00442. The minimum Gasteiger partial charge on any atom is -0.472 e. The molecule has 7 heteroatoms. The minimum atomic E-state index is 0.00442. The van der Waals surface area contributed by atoms with Crippen LogP contribution in [0.4, 0.5) is 0 Å². The molecule has 0 aromatic carbocycles. The molecule has 0 spiro atoms. The van der Waals surface area contributed by atoms with Crippen molar-refractivity contribution in [1.82, 2.24) is 19.9 Å². The van der Waals surface area contributed by atoms with Crippen LogP contribution in [0.3, 0.4) is 0 Å². The van der Waals surface area contributed by atoms with E-state index in [2.05, 4.69) is 15.0 Å². The zero-order valence-corrected chi connectivity index (χ0v) is 12.8. The van der Waals surface area contributed by atoms with Crippen molar-refractivity contribution < 1.29 is 9.53 Å². The summed E-state index contributed by atoms with van der Waals surface area (Å²) < 4.78 is 5.76. The normalized spacial score (nSPS) is 17.5. The van der Waals surface area contributed by atoms with Crippen LogP contribution < -0.4 is 4.74 Å². The first-order valence-electron chi connectivity index (χ1n) is 7.04. The van der Waals surface area contributed by atoms with Gasteiger partial charge < -0.3 is 9.64 Å². The van der Waals surface area contributed by atoms with Gasteiger partial charge in [0, 0.05) is 42.5 Å². The number of pyridine rings is 1. The number of hydrogen-bond donors (Lipinski definition) is 0. The topological polar surface area (TPSA) is 68.2 Å². The van der Waals surface area contributed by atoms with Crippen LogP contribution >= 0.6 is 11.8 Å². The molecular weight excluding hydrogens is 300 g/mol. The smallest absolute Gasteiger partial charge is 0.233 e. The molecule has 2 aromatic rings. The zero-order chi connectivity index (χ0) is 15.2. The monoisotopic (exact) mass is 316 g/mol. The Labute approximate surface area is 132 Å². The summed E-state index contributed by atoms with van der Waals surface area (Å²) in [6.45, 7) is 1.34. The number of carbonyl (C=O) groups excluding carboxylic acids is 1. The summed E-state index contributed by atoms with van der Waals surface area (Å²) in [6, 6.07) is 5.54. The first kappa shape index (κ1) is 14.8. The lowest BCUT2D eigenvalue weighted by Gasteiger charge is -2.16. The highest BCUT2D eigenvalue weighted by atomic mass is 32.2. The van der Waals surface area contributed by atoms with Gasteiger partial charge in [-0.25, -0.2) is 9.97 Å². The molecule has 1 unspecified atom stereocenters. The van der Waals surface area contributed by atoms with Crippen LogP contribution in [0.5, 0.6) is 5.88 Å². The lowest BCUT2D eigenvalue weighted by Crippen LogP contribution is -2.32. The third-order valence-electron chi connectivity index (χ3n) is 3.35. The highest BCUT2D eigenvalue weighted by molar-refractivity contribution is 8.00. The molecule has 1 amide bonds. The van der Waals surface area contributed by atoms with Crippen LogP contribution in [0.2, 0.25) is 0 Å². The number of thioether (sulfide) groups is 1. The molecule has 2 aromatic heterocycles. The summed E-state index contributed by atoms with van der Waals surface area (Å²) in [5.41, 5.74) is 0. The van der Waals surface area contributed by atoms with E-state index in [4.69, 9.17) is 4.74 Å². The standard InChI is InChI=1S/C15H16N4O2S/c20-15(10-22-13-1-5-16-6-2-13)19-8-4-12(9-19)21-14-3-7-17-11-18-14/h1-3,5-7,11-12H,4,8-10H2. The Hall–Kier alpha value is -2.15. The van der Waals surface area contributed by atoms with Crippen molar-refractivity contribution in [2.24, 2.45) is 0 Å². The summed E-state index contributed by atoms with van der Waals surface area (Å²) in [6.07, 6.45) is 7.40. The molecule has 6 nitrogen and oxygen atoms in total. The van der Waals surface area contributed by atoms with Crippen LogP contribution in [-0.4, -0.2) is 50.7 Å². The van der Waals surface area contributed by atoms with E-state index in [0.717, 1.165) is 17.9 Å². The predicted molar refractivity (Wildman–Crippen MR) is 82.6 cm³/mol. The fourth-order valence-electron chi connectivity index (χ4n) is 2.24. The van der Waals surface area contributed by atoms with E-state index in [1.165, 1.54) is 18.1 Å². The van der Waals surface area contributed by atoms with E-state index in [0.29, 0.717) is 18.2 Å². The number of likely N-dealkylation sites (tertiary alicyclic amines) is 1. The molecule has 22 heavy (non-hydrogen) atoms. The van der Waals surface area contributed by atoms with Gasteiger partial charge in [-0.2, -0.15) is 0 Å². The molecule has 3 heterocycles. The molecule has 1 aliphatic heterocycles. The molecule has 0 saturated carbocycles. The zero-order valence-electron chi connectivity index (χ0n) is 12.0. The molecule has 0 N–H and O–H groups in total. The second-order valence-corrected chi connectivity index (χ2v) is 5.94. The Morgan fingerprint density at radius 2 is 2.09 bits per heavy atom. The van der Waals surface area contributed by atoms with Gasteiger partial charge in [0.25, 0.3) is 0 Å². The molecule has 3 rings (SSSR count). The number of rotatable bonds is 5.